The van der Waals surface area contributed by atoms with E-state index < -0.39 is 46.9 Å². The number of aliphatic hydroxyl groups is 1. The number of nitrogens with zero attached hydrogens (tertiary/aromatic N) is 7. The molecule has 15 nitrogen and oxygen atoms in total. The smallest absolute Gasteiger partial charge is 0.417 e. The van der Waals surface area contributed by atoms with Gasteiger partial charge in [-0.3, -0.25) is 24.0 Å². The largest absolute Gasteiger partial charge is 0.494 e. The second-order valence-corrected chi connectivity index (χ2v) is 20.6. The summed E-state index contributed by atoms with van der Waals surface area (Å²) in [5.41, 5.74) is 2.28. The third-order valence-electron chi connectivity index (χ3n) is 13.2. The van der Waals surface area contributed by atoms with Gasteiger partial charge in [-0.15, -0.1) is 11.3 Å². The lowest BCUT2D eigenvalue weighted by Crippen LogP contribution is -2.49. The highest BCUT2D eigenvalue weighted by atomic mass is 32.1. The summed E-state index contributed by atoms with van der Waals surface area (Å²) in [6.07, 6.45) is -0.0637. The number of nitrogens with one attached hydrogen (secondary N) is 1. The molecule has 3 amide bonds. The van der Waals surface area contributed by atoms with Gasteiger partial charge in [0.1, 0.15) is 34.9 Å². The van der Waals surface area contributed by atoms with Gasteiger partial charge >= 0.3 is 6.18 Å². The van der Waals surface area contributed by atoms with E-state index in [0.717, 1.165) is 58.0 Å². The standard InChI is InChI=1S/C55H57F3N8O7S2/c1-33(2)48(51(69)63-30-41(67)26-47(63)50(68)62-34(3)36-13-15-37(16-14-36)49-35(4)60-32-75-49)64-31-45(29-61-64)73-44-12-10-11-43(27-44)72-24-9-7-8-23-71-42-21-19-39(20-22-42)66-53(74)65(52(70)54(66,5)6)40-18-17-38(28-59)46(25-40)55(56,57)58/h10-22,25,27,29,31-34,41,47-48,67H,7-9,23-24,26,30H2,1-6H3,(H,62,68)/t34-,41+,47-,48-/m0/s1. The third-order valence-corrected chi connectivity index (χ3v) is 14.5. The average molecular weight is 1060 g/mol. The molecule has 392 valence electrons. The third kappa shape index (κ3) is 12.0. The Morgan fingerprint density at radius 1 is 0.933 bits per heavy atom. The van der Waals surface area contributed by atoms with Crippen LogP contribution in [0.1, 0.15) is 94.8 Å². The van der Waals surface area contributed by atoms with Gasteiger partial charge in [0.25, 0.3) is 5.91 Å². The average Bonchev–Trinajstić information content (AvgIpc) is 4.17. The van der Waals surface area contributed by atoms with Gasteiger partial charge in [0.05, 0.1) is 76.7 Å². The summed E-state index contributed by atoms with van der Waals surface area (Å²) in [6, 6.07) is 24.8. The molecule has 2 aliphatic heterocycles. The number of carbonyl (C=O) groups is 3. The molecule has 0 radical (unpaired) electrons. The molecule has 2 N–H and O–H groups in total. The Morgan fingerprint density at radius 2 is 1.61 bits per heavy atom. The van der Waals surface area contributed by atoms with Crippen molar-refractivity contribution in [1.82, 2.24) is 25.0 Å². The van der Waals surface area contributed by atoms with Crippen molar-refractivity contribution < 1.29 is 46.9 Å². The van der Waals surface area contributed by atoms with E-state index in [1.807, 2.05) is 69.6 Å². The van der Waals surface area contributed by atoms with Crippen molar-refractivity contribution in [3.63, 3.8) is 0 Å². The molecule has 8 rings (SSSR count). The number of β-amino-alcohol motifs (C(OH)–C–C–N with tert-alkyl or cyclic N) is 1. The van der Waals surface area contributed by atoms with E-state index in [1.165, 1.54) is 17.2 Å². The van der Waals surface area contributed by atoms with Gasteiger partial charge in [-0.2, -0.15) is 23.5 Å². The number of thiazole rings is 1. The quantitative estimate of drug-likeness (QED) is 0.0581. The number of unbranched alkanes of at least 4 members (excludes halogenated alkanes) is 2. The fourth-order valence-electron chi connectivity index (χ4n) is 9.28. The van der Waals surface area contributed by atoms with Crippen LogP contribution >= 0.6 is 23.6 Å². The van der Waals surface area contributed by atoms with Crippen LogP contribution in [-0.4, -0.2) is 85.0 Å². The molecule has 0 spiro atoms. The maximum atomic E-state index is 14.3. The van der Waals surface area contributed by atoms with E-state index in [1.54, 1.807) is 83.4 Å². The predicted octanol–water partition coefficient (Wildman–Crippen LogP) is 10.6. The number of aliphatic hydroxyl groups excluding tert-OH is 1. The Kier molecular flexibility index (Phi) is 16.3. The highest BCUT2D eigenvalue weighted by Gasteiger charge is 2.51. The van der Waals surface area contributed by atoms with E-state index in [4.69, 9.17) is 26.4 Å². The second-order valence-electron chi connectivity index (χ2n) is 19.3. The van der Waals surface area contributed by atoms with Gasteiger partial charge in [0, 0.05) is 24.7 Å². The number of carbonyl (C=O) groups excluding carboxylic acids is 3. The number of rotatable bonds is 19. The minimum atomic E-state index is -4.80. The van der Waals surface area contributed by atoms with Crippen LogP contribution in [0.25, 0.3) is 10.4 Å². The summed E-state index contributed by atoms with van der Waals surface area (Å²) in [4.78, 5) is 51.1. The molecule has 0 unspecified atom stereocenters. The van der Waals surface area contributed by atoms with Gasteiger partial charge in [-0.1, -0.05) is 44.2 Å². The highest BCUT2D eigenvalue weighted by molar-refractivity contribution is 7.81. The van der Waals surface area contributed by atoms with E-state index in [-0.39, 0.29) is 47.5 Å². The first kappa shape index (κ1) is 53.9. The normalized spacial score (nSPS) is 17.3. The van der Waals surface area contributed by atoms with Crippen molar-refractivity contribution in [1.29, 1.82) is 5.26 Å². The van der Waals surface area contributed by atoms with Gasteiger partial charge in [-0.05, 0) is 131 Å². The molecular formula is C55H57F3N8O7S2. The Morgan fingerprint density at radius 3 is 2.27 bits per heavy atom. The Labute approximate surface area is 442 Å². The van der Waals surface area contributed by atoms with Crippen LogP contribution in [0, 0.1) is 24.2 Å². The molecule has 4 aromatic carbocycles. The predicted molar refractivity (Wildman–Crippen MR) is 282 cm³/mol. The van der Waals surface area contributed by atoms with Crippen molar-refractivity contribution >= 4 is 57.8 Å². The van der Waals surface area contributed by atoms with E-state index in [0.29, 0.717) is 41.9 Å². The van der Waals surface area contributed by atoms with Crippen LogP contribution in [0.4, 0.5) is 24.5 Å². The van der Waals surface area contributed by atoms with Gasteiger partial charge < -0.3 is 34.4 Å². The molecule has 2 aromatic heterocycles. The second kappa shape index (κ2) is 22.6. The van der Waals surface area contributed by atoms with Gasteiger partial charge in [-0.25, -0.2) is 4.98 Å². The summed E-state index contributed by atoms with van der Waals surface area (Å²) < 4.78 is 61.0. The number of hydrogen-bond donors (Lipinski definition) is 2. The zero-order valence-corrected chi connectivity index (χ0v) is 43.8. The molecule has 4 atom stereocenters. The lowest BCUT2D eigenvalue weighted by atomic mass is 10.0. The first-order valence-electron chi connectivity index (χ1n) is 24.5. The Balaban J connectivity index is 0.787. The Bertz CT molecular complexity index is 3080. The number of anilines is 2. The molecule has 6 aromatic rings. The summed E-state index contributed by atoms with van der Waals surface area (Å²) in [5.74, 6) is 0.697. The number of aromatic nitrogens is 3. The number of nitriles is 1. The number of hydrogen-bond acceptors (Lipinski definition) is 12. The zero-order chi connectivity index (χ0) is 53.8. The molecule has 0 saturated carbocycles. The highest BCUT2D eigenvalue weighted by Crippen LogP contribution is 2.40. The topological polar surface area (TPSA) is 175 Å². The number of amides is 3. The first-order chi connectivity index (χ1) is 35.7. The number of benzene rings is 4. The number of halogens is 3. The maximum absolute atomic E-state index is 14.3. The maximum Gasteiger partial charge on any atom is 0.417 e. The van der Waals surface area contributed by atoms with Crippen LogP contribution in [-0.2, 0) is 20.6 Å². The SMILES string of the molecule is Cc1ncsc1-c1ccc([C@H](C)NC(=O)[C@@H]2C[C@@H](O)CN2C(=O)[C@H](C(C)C)n2cc(Oc3cccc(OCCCCCOc4ccc(N5C(=S)N(c6ccc(C#N)c(C(F)(F)F)c6)C(=O)C5(C)C)cc4)c3)cn2)cc1. The molecule has 2 fully saturated rings. The molecule has 4 heterocycles. The van der Waals surface area contributed by atoms with Crippen LogP contribution in [0.5, 0.6) is 23.0 Å². The van der Waals surface area contributed by atoms with E-state index >= 15 is 0 Å². The number of thiocarbonyl (C=S) groups is 1. The molecule has 0 aliphatic carbocycles. The summed E-state index contributed by atoms with van der Waals surface area (Å²) in [5, 5.41) is 27.5. The lowest BCUT2D eigenvalue weighted by Gasteiger charge is -2.30. The summed E-state index contributed by atoms with van der Waals surface area (Å²) in [6.45, 7) is 11.8. The van der Waals surface area contributed by atoms with Crippen LogP contribution < -0.4 is 29.3 Å². The van der Waals surface area contributed by atoms with Crippen molar-refractivity contribution in [2.24, 2.45) is 5.92 Å². The molecule has 20 heteroatoms. The van der Waals surface area contributed by atoms with Gasteiger partial charge in [0.2, 0.25) is 11.8 Å². The van der Waals surface area contributed by atoms with Crippen LogP contribution in [0.3, 0.4) is 0 Å². The van der Waals surface area contributed by atoms with Crippen molar-refractivity contribution in [2.45, 2.75) is 103 Å². The lowest BCUT2D eigenvalue weighted by molar-refractivity contribution is -0.142. The van der Waals surface area contributed by atoms with E-state index in [2.05, 4.69) is 15.4 Å². The number of ether oxygens (including phenoxy) is 3. The monoisotopic (exact) mass is 1060 g/mol. The number of likely N-dealkylation sites (tertiary alicyclic amines) is 1. The van der Waals surface area contributed by atoms with Crippen LogP contribution in [0.15, 0.2) is 109 Å². The Hall–Kier alpha value is -7.34. The molecular weight excluding hydrogens is 1010 g/mol. The summed E-state index contributed by atoms with van der Waals surface area (Å²) in [7, 11) is 0. The fourth-order valence-corrected chi connectivity index (χ4v) is 10.6. The molecule has 75 heavy (non-hydrogen) atoms. The van der Waals surface area contributed by atoms with E-state index in [9.17, 15) is 37.9 Å². The molecule has 0 bridgehead atoms. The molecule has 2 aliphatic rings. The number of alkyl halides is 3. The molecule has 2 saturated heterocycles. The number of aryl methyl sites for hydroxylation is 1. The van der Waals surface area contributed by atoms with Gasteiger partial charge in [0.15, 0.2) is 10.9 Å². The summed E-state index contributed by atoms with van der Waals surface area (Å²) >= 11 is 7.22. The minimum absolute atomic E-state index is 0.00211. The van der Waals surface area contributed by atoms with Crippen molar-refractivity contribution in [2.75, 3.05) is 29.6 Å². The fraction of sp³-hybridized carbons (Fsp3) is 0.364. The van der Waals surface area contributed by atoms with Crippen LogP contribution in [0.2, 0.25) is 0 Å². The first-order valence-corrected chi connectivity index (χ1v) is 25.8. The van der Waals surface area contributed by atoms with Crippen molar-refractivity contribution in [3.8, 4) is 39.5 Å². The zero-order valence-electron chi connectivity index (χ0n) is 42.2. The van der Waals surface area contributed by atoms with Crippen molar-refractivity contribution in [3.05, 3.63) is 131 Å². The minimum Gasteiger partial charge on any atom is -0.494 e.